The minimum Gasteiger partial charge on any atom is -0.317 e. The van der Waals surface area contributed by atoms with Crippen LogP contribution in [0.4, 0.5) is 0 Å². The predicted molar refractivity (Wildman–Crippen MR) is 82.3 cm³/mol. The van der Waals surface area contributed by atoms with E-state index in [0.29, 0.717) is 6.04 Å². The fourth-order valence-corrected chi connectivity index (χ4v) is 3.07. The van der Waals surface area contributed by atoms with Crippen LogP contribution in [0.1, 0.15) is 37.3 Å². The highest BCUT2D eigenvalue weighted by Gasteiger charge is 2.20. The van der Waals surface area contributed by atoms with Crippen molar-refractivity contribution in [2.24, 2.45) is 5.92 Å². The quantitative estimate of drug-likeness (QED) is 0.874. The molecule has 0 aliphatic carbocycles. The summed E-state index contributed by atoms with van der Waals surface area (Å²) >= 11 is 0. The lowest BCUT2D eigenvalue weighted by Gasteiger charge is -2.33. The van der Waals surface area contributed by atoms with Crippen molar-refractivity contribution < 1.29 is 0 Å². The number of hydrogen-bond acceptors (Lipinski definition) is 2. The molecule has 0 bridgehead atoms. The fraction of sp³-hybridized carbons (Fsp3) is 0.647. The van der Waals surface area contributed by atoms with Gasteiger partial charge in [0, 0.05) is 12.6 Å². The van der Waals surface area contributed by atoms with Gasteiger partial charge in [-0.3, -0.25) is 4.90 Å². The summed E-state index contributed by atoms with van der Waals surface area (Å²) in [6.45, 7) is 8.11. The van der Waals surface area contributed by atoms with Crippen molar-refractivity contribution in [1.29, 1.82) is 0 Å². The Morgan fingerprint density at radius 2 is 2.05 bits per heavy atom. The molecule has 1 unspecified atom stereocenters. The number of aryl methyl sites for hydroxylation is 1. The third-order valence-electron chi connectivity index (χ3n) is 4.38. The van der Waals surface area contributed by atoms with Crippen molar-refractivity contribution >= 4 is 0 Å². The SMILES string of the molecule is CNC(C)CC1CCN(Cc2cccc(C)c2)CC1. The average molecular weight is 260 g/mol. The first-order valence-electron chi connectivity index (χ1n) is 7.62. The summed E-state index contributed by atoms with van der Waals surface area (Å²) in [5, 5.41) is 3.36. The zero-order chi connectivity index (χ0) is 13.7. The predicted octanol–water partition coefficient (Wildman–Crippen LogP) is 3.21. The summed E-state index contributed by atoms with van der Waals surface area (Å²) < 4.78 is 0. The Morgan fingerprint density at radius 1 is 1.32 bits per heavy atom. The van der Waals surface area contributed by atoms with Gasteiger partial charge in [0.15, 0.2) is 0 Å². The maximum absolute atomic E-state index is 3.36. The molecule has 0 saturated carbocycles. The third kappa shape index (κ3) is 4.63. The molecule has 2 nitrogen and oxygen atoms in total. The van der Waals surface area contributed by atoms with Crippen molar-refractivity contribution in [3.8, 4) is 0 Å². The second-order valence-corrected chi connectivity index (χ2v) is 6.13. The number of hydrogen-bond donors (Lipinski definition) is 1. The van der Waals surface area contributed by atoms with Crippen LogP contribution < -0.4 is 5.32 Å². The van der Waals surface area contributed by atoms with E-state index in [1.54, 1.807) is 0 Å². The Labute approximate surface area is 118 Å². The molecule has 19 heavy (non-hydrogen) atoms. The number of nitrogens with one attached hydrogen (secondary N) is 1. The van der Waals surface area contributed by atoms with E-state index in [0.717, 1.165) is 12.5 Å². The van der Waals surface area contributed by atoms with Crippen LogP contribution in [0, 0.1) is 12.8 Å². The smallest absolute Gasteiger partial charge is 0.0233 e. The van der Waals surface area contributed by atoms with Gasteiger partial charge >= 0.3 is 0 Å². The van der Waals surface area contributed by atoms with Gasteiger partial charge in [0.25, 0.3) is 0 Å². The van der Waals surface area contributed by atoms with Crippen molar-refractivity contribution in [2.45, 2.75) is 45.7 Å². The highest BCUT2D eigenvalue weighted by molar-refractivity contribution is 5.22. The topological polar surface area (TPSA) is 15.3 Å². The van der Waals surface area contributed by atoms with Gasteiger partial charge in [0.1, 0.15) is 0 Å². The first-order chi connectivity index (χ1) is 9.17. The minimum absolute atomic E-state index is 0.660. The summed E-state index contributed by atoms with van der Waals surface area (Å²) in [6, 6.07) is 9.58. The molecule has 1 aliphatic heterocycles. The fourth-order valence-electron chi connectivity index (χ4n) is 3.07. The number of likely N-dealkylation sites (tertiary alicyclic amines) is 1. The standard InChI is InChI=1S/C17H28N2/c1-14-5-4-6-17(11-14)13-19-9-7-16(8-10-19)12-15(2)18-3/h4-6,11,15-16,18H,7-10,12-13H2,1-3H3. The van der Waals surface area contributed by atoms with Gasteiger partial charge in [-0.05, 0) is 64.7 Å². The van der Waals surface area contributed by atoms with Crippen LogP contribution in [0.3, 0.4) is 0 Å². The van der Waals surface area contributed by atoms with Crippen molar-refractivity contribution in [3.05, 3.63) is 35.4 Å². The molecule has 2 rings (SSSR count). The maximum Gasteiger partial charge on any atom is 0.0233 e. The molecular weight excluding hydrogens is 232 g/mol. The van der Waals surface area contributed by atoms with E-state index in [4.69, 9.17) is 0 Å². The van der Waals surface area contributed by atoms with E-state index in [1.807, 2.05) is 0 Å². The van der Waals surface area contributed by atoms with E-state index in [9.17, 15) is 0 Å². The number of piperidine rings is 1. The molecule has 2 heteroatoms. The van der Waals surface area contributed by atoms with E-state index in [-0.39, 0.29) is 0 Å². The van der Waals surface area contributed by atoms with Crippen LogP contribution in [-0.4, -0.2) is 31.1 Å². The Kier molecular flexibility index (Phi) is 5.41. The summed E-state index contributed by atoms with van der Waals surface area (Å²) in [4.78, 5) is 2.61. The molecule has 106 valence electrons. The molecule has 1 N–H and O–H groups in total. The van der Waals surface area contributed by atoms with Crippen LogP contribution in [0.2, 0.25) is 0 Å². The second-order valence-electron chi connectivity index (χ2n) is 6.13. The highest BCUT2D eigenvalue weighted by atomic mass is 15.1. The van der Waals surface area contributed by atoms with E-state index >= 15 is 0 Å². The van der Waals surface area contributed by atoms with Gasteiger partial charge in [0.05, 0.1) is 0 Å². The Bertz CT molecular complexity index is 381. The first kappa shape index (κ1) is 14.5. The number of benzene rings is 1. The molecule has 0 spiro atoms. The largest absolute Gasteiger partial charge is 0.317 e. The van der Waals surface area contributed by atoms with E-state index in [1.165, 1.54) is 43.5 Å². The molecule has 0 aromatic heterocycles. The van der Waals surface area contributed by atoms with Gasteiger partial charge in [-0.2, -0.15) is 0 Å². The molecule has 1 aromatic rings. The van der Waals surface area contributed by atoms with Crippen LogP contribution in [0.25, 0.3) is 0 Å². The van der Waals surface area contributed by atoms with Crippen LogP contribution >= 0.6 is 0 Å². The zero-order valence-corrected chi connectivity index (χ0v) is 12.7. The lowest BCUT2D eigenvalue weighted by Crippen LogP contribution is -2.35. The monoisotopic (exact) mass is 260 g/mol. The lowest BCUT2D eigenvalue weighted by molar-refractivity contribution is 0.166. The van der Waals surface area contributed by atoms with Crippen LogP contribution in [0.5, 0.6) is 0 Å². The Hall–Kier alpha value is -0.860. The van der Waals surface area contributed by atoms with Crippen molar-refractivity contribution in [3.63, 3.8) is 0 Å². The summed E-state index contributed by atoms with van der Waals surface area (Å²) in [6.07, 6.45) is 4.05. The van der Waals surface area contributed by atoms with Crippen LogP contribution in [-0.2, 0) is 6.54 Å². The molecular formula is C17H28N2. The van der Waals surface area contributed by atoms with E-state index < -0.39 is 0 Å². The summed E-state index contributed by atoms with van der Waals surface area (Å²) in [5.41, 5.74) is 2.83. The molecule has 1 aromatic carbocycles. The van der Waals surface area contributed by atoms with Crippen molar-refractivity contribution in [1.82, 2.24) is 10.2 Å². The average Bonchev–Trinajstić information content (AvgIpc) is 2.41. The normalized spacial score (nSPS) is 19.5. The second kappa shape index (κ2) is 7.06. The van der Waals surface area contributed by atoms with Gasteiger partial charge in [0.2, 0.25) is 0 Å². The Morgan fingerprint density at radius 3 is 2.68 bits per heavy atom. The molecule has 0 radical (unpaired) electrons. The summed E-state index contributed by atoms with van der Waals surface area (Å²) in [7, 11) is 2.07. The summed E-state index contributed by atoms with van der Waals surface area (Å²) in [5.74, 6) is 0.913. The van der Waals surface area contributed by atoms with Gasteiger partial charge < -0.3 is 5.32 Å². The molecule has 1 aliphatic rings. The highest BCUT2D eigenvalue weighted by Crippen LogP contribution is 2.23. The zero-order valence-electron chi connectivity index (χ0n) is 12.7. The van der Waals surface area contributed by atoms with Crippen LogP contribution in [0.15, 0.2) is 24.3 Å². The molecule has 1 saturated heterocycles. The lowest BCUT2D eigenvalue weighted by atomic mass is 9.90. The maximum atomic E-state index is 3.36. The number of nitrogens with zero attached hydrogens (tertiary/aromatic N) is 1. The molecule has 1 fully saturated rings. The first-order valence-corrected chi connectivity index (χ1v) is 7.62. The minimum atomic E-state index is 0.660. The third-order valence-corrected chi connectivity index (χ3v) is 4.38. The Balaban J connectivity index is 1.77. The number of rotatable bonds is 5. The molecule has 1 atom stereocenters. The van der Waals surface area contributed by atoms with Crippen molar-refractivity contribution in [2.75, 3.05) is 20.1 Å². The van der Waals surface area contributed by atoms with Gasteiger partial charge in [-0.25, -0.2) is 0 Å². The van der Waals surface area contributed by atoms with E-state index in [2.05, 4.69) is 55.4 Å². The molecule has 0 amide bonds. The van der Waals surface area contributed by atoms with Gasteiger partial charge in [-0.1, -0.05) is 29.8 Å². The van der Waals surface area contributed by atoms with Gasteiger partial charge in [-0.15, -0.1) is 0 Å². The molecule has 1 heterocycles.